The average molecular weight is 338 g/mol. The standard InChI is InChI=1S/C12H18BrClN2S/c1-15-7-8-4-3-5-16(2)11(8)10-6-9(13)12(14)17-10/h6,8,11,15H,3-5,7H2,1-2H3. The zero-order valence-electron chi connectivity index (χ0n) is 10.2. The molecule has 1 aliphatic rings. The monoisotopic (exact) mass is 336 g/mol. The molecule has 2 nitrogen and oxygen atoms in total. The molecule has 17 heavy (non-hydrogen) atoms. The van der Waals surface area contributed by atoms with Gasteiger partial charge in [0.2, 0.25) is 0 Å². The van der Waals surface area contributed by atoms with Gasteiger partial charge in [-0.05, 0) is 67.9 Å². The lowest BCUT2D eigenvalue weighted by Crippen LogP contribution is -2.39. The molecular formula is C12H18BrClN2S. The summed E-state index contributed by atoms with van der Waals surface area (Å²) < 4.78 is 1.89. The third kappa shape index (κ3) is 3.04. The van der Waals surface area contributed by atoms with Gasteiger partial charge in [-0.3, -0.25) is 4.90 Å². The molecule has 2 atom stereocenters. The van der Waals surface area contributed by atoms with Gasteiger partial charge in [0.25, 0.3) is 0 Å². The van der Waals surface area contributed by atoms with Gasteiger partial charge in [0.15, 0.2) is 0 Å². The van der Waals surface area contributed by atoms with E-state index < -0.39 is 0 Å². The summed E-state index contributed by atoms with van der Waals surface area (Å²) in [7, 11) is 4.25. The highest BCUT2D eigenvalue weighted by Gasteiger charge is 2.31. The van der Waals surface area contributed by atoms with Crippen molar-refractivity contribution in [3.05, 3.63) is 19.8 Å². The van der Waals surface area contributed by atoms with Crippen LogP contribution in [-0.2, 0) is 0 Å². The van der Waals surface area contributed by atoms with E-state index in [9.17, 15) is 0 Å². The fourth-order valence-electron chi connectivity index (χ4n) is 2.69. The van der Waals surface area contributed by atoms with Crippen LogP contribution < -0.4 is 5.32 Å². The number of nitrogens with one attached hydrogen (secondary N) is 1. The molecule has 96 valence electrons. The molecule has 1 fully saturated rings. The largest absolute Gasteiger partial charge is 0.319 e. The number of piperidine rings is 1. The Hall–Kier alpha value is 0.390. The van der Waals surface area contributed by atoms with E-state index in [0.717, 1.165) is 15.4 Å². The second-order valence-electron chi connectivity index (χ2n) is 4.66. The Balaban J connectivity index is 2.24. The van der Waals surface area contributed by atoms with Crippen LogP contribution in [0.2, 0.25) is 4.34 Å². The summed E-state index contributed by atoms with van der Waals surface area (Å²) in [5.41, 5.74) is 0. The molecule has 1 aromatic heterocycles. The van der Waals surface area contributed by atoms with Crippen LogP contribution >= 0.6 is 38.9 Å². The van der Waals surface area contributed by atoms with Crippen LogP contribution in [0.5, 0.6) is 0 Å². The van der Waals surface area contributed by atoms with E-state index >= 15 is 0 Å². The first-order chi connectivity index (χ1) is 8.13. The molecule has 0 bridgehead atoms. The van der Waals surface area contributed by atoms with Crippen LogP contribution in [0.1, 0.15) is 23.8 Å². The molecule has 0 radical (unpaired) electrons. The van der Waals surface area contributed by atoms with Crippen molar-refractivity contribution in [1.29, 1.82) is 0 Å². The highest BCUT2D eigenvalue weighted by molar-refractivity contribution is 9.10. The Morgan fingerprint density at radius 3 is 3.00 bits per heavy atom. The van der Waals surface area contributed by atoms with Gasteiger partial charge in [0.1, 0.15) is 4.34 Å². The quantitative estimate of drug-likeness (QED) is 0.903. The number of thiophene rings is 1. The molecule has 0 aliphatic carbocycles. The Labute approximate surface area is 120 Å². The van der Waals surface area contributed by atoms with Crippen molar-refractivity contribution in [1.82, 2.24) is 10.2 Å². The predicted molar refractivity (Wildman–Crippen MR) is 79.1 cm³/mol. The van der Waals surface area contributed by atoms with Crippen molar-refractivity contribution in [2.45, 2.75) is 18.9 Å². The number of nitrogens with zero attached hydrogens (tertiary/aromatic N) is 1. The minimum absolute atomic E-state index is 0.505. The summed E-state index contributed by atoms with van der Waals surface area (Å²) in [5.74, 6) is 0.681. The van der Waals surface area contributed by atoms with Gasteiger partial charge in [-0.15, -0.1) is 11.3 Å². The maximum Gasteiger partial charge on any atom is 0.107 e. The van der Waals surface area contributed by atoms with E-state index in [1.165, 1.54) is 24.3 Å². The van der Waals surface area contributed by atoms with Crippen LogP contribution in [0.15, 0.2) is 10.5 Å². The summed E-state index contributed by atoms with van der Waals surface area (Å²) in [6, 6.07) is 2.69. The molecule has 0 saturated carbocycles. The molecule has 2 rings (SSSR count). The van der Waals surface area contributed by atoms with Crippen LogP contribution in [0.4, 0.5) is 0 Å². The first-order valence-corrected chi connectivity index (χ1v) is 7.91. The number of hydrogen-bond donors (Lipinski definition) is 1. The van der Waals surface area contributed by atoms with E-state index in [2.05, 4.69) is 39.3 Å². The minimum atomic E-state index is 0.505. The van der Waals surface area contributed by atoms with Gasteiger partial charge in [-0.25, -0.2) is 0 Å². The minimum Gasteiger partial charge on any atom is -0.319 e. The smallest absolute Gasteiger partial charge is 0.107 e. The van der Waals surface area contributed by atoms with E-state index in [1.807, 2.05) is 7.05 Å². The Bertz CT molecular complexity index is 361. The summed E-state index contributed by atoms with van der Waals surface area (Å²) >= 11 is 11.4. The first-order valence-electron chi connectivity index (χ1n) is 5.93. The third-order valence-electron chi connectivity index (χ3n) is 3.43. The Kier molecular flexibility index (Phi) is 4.89. The summed E-state index contributed by atoms with van der Waals surface area (Å²) in [6.07, 6.45) is 2.59. The van der Waals surface area contributed by atoms with Crippen molar-refractivity contribution < 1.29 is 0 Å². The predicted octanol–water partition coefficient (Wildman–Crippen LogP) is 3.77. The molecule has 0 amide bonds. The lowest BCUT2D eigenvalue weighted by molar-refractivity contribution is 0.123. The van der Waals surface area contributed by atoms with Gasteiger partial charge in [-0.2, -0.15) is 0 Å². The van der Waals surface area contributed by atoms with E-state index in [0.29, 0.717) is 12.0 Å². The third-order valence-corrected chi connectivity index (χ3v) is 5.97. The number of halogens is 2. The van der Waals surface area contributed by atoms with Crippen molar-refractivity contribution in [2.24, 2.45) is 5.92 Å². The molecule has 2 heterocycles. The van der Waals surface area contributed by atoms with Gasteiger partial charge in [0, 0.05) is 15.4 Å². The van der Waals surface area contributed by atoms with E-state index in [-0.39, 0.29) is 0 Å². The fourth-order valence-corrected chi connectivity index (χ4v) is 4.69. The average Bonchev–Trinajstić information content (AvgIpc) is 2.59. The molecule has 0 aromatic carbocycles. The Morgan fingerprint density at radius 2 is 2.41 bits per heavy atom. The van der Waals surface area contributed by atoms with Gasteiger partial charge >= 0.3 is 0 Å². The summed E-state index contributed by atoms with van der Waals surface area (Å²) in [6.45, 7) is 2.25. The van der Waals surface area contributed by atoms with Crippen LogP contribution in [0.25, 0.3) is 0 Å². The van der Waals surface area contributed by atoms with Crippen LogP contribution in [0.3, 0.4) is 0 Å². The molecular weight excluding hydrogens is 320 g/mol. The summed E-state index contributed by atoms with van der Waals surface area (Å²) in [4.78, 5) is 3.84. The zero-order valence-corrected chi connectivity index (χ0v) is 13.3. The van der Waals surface area contributed by atoms with Crippen molar-refractivity contribution in [2.75, 3.05) is 27.2 Å². The summed E-state index contributed by atoms with van der Waals surface area (Å²) in [5, 5.41) is 3.31. The molecule has 0 spiro atoms. The van der Waals surface area contributed by atoms with E-state index in [1.54, 1.807) is 11.3 Å². The normalized spacial score (nSPS) is 26.4. The molecule has 1 saturated heterocycles. The van der Waals surface area contributed by atoms with Crippen LogP contribution in [-0.4, -0.2) is 32.1 Å². The Morgan fingerprint density at radius 1 is 1.65 bits per heavy atom. The topological polar surface area (TPSA) is 15.3 Å². The van der Waals surface area contributed by atoms with Gasteiger partial charge in [0.05, 0.1) is 0 Å². The maximum absolute atomic E-state index is 6.16. The lowest BCUT2D eigenvalue weighted by Gasteiger charge is -2.38. The highest BCUT2D eigenvalue weighted by atomic mass is 79.9. The number of rotatable bonds is 3. The fraction of sp³-hybridized carbons (Fsp3) is 0.667. The SMILES string of the molecule is CNCC1CCCN(C)C1c1cc(Br)c(Cl)s1. The molecule has 1 aromatic rings. The molecule has 1 N–H and O–H groups in total. The second-order valence-corrected chi connectivity index (χ2v) is 7.20. The maximum atomic E-state index is 6.16. The first kappa shape index (κ1) is 13.8. The van der Waals surface area contributed by atoms with Crippen molar-refractivity contribution in [3.63, 3.8) is 0 Å². The zero-order chi connectivity index (χ0) is 12.4. The molecule has 5 heteroatoms. The van der Waals surface area contributed by atoms with Crippen molar-refractivity contribution in [3.8, 4) is 0 Å². The number of likely N-dealkylation sites (tertiary alicyclic amines) is 1. The van der Waals surface area contributed by atoms with Crippen molar-refractivity contribution >= 4 is 38.9 Å². The van der Waals surface area contributed by atoms with Crippen LogP contribution in [0, 0.1) is 5.92 Å². The van der Waals surface area contributed by atoms with E-state index in [4.69, 9.17) is 11.6 Å². The van der Waals surface area contributed by atoms with Gasteiger partial charge in [-0.1, -0.05) is 11.6 Å². The lowest BCUT2D eigenvalue weighted by atomic mass is 9.88. The highest BCUT2D eigenvalue weighted by Crippen LogP contribution is 2.42. The molecule has 1 aliphatic heterocycles. The number of hydrogen-bond acceptors (Lipinski definition) is 3. The van der Waals surface area contributed by atoms with Gasteiger partial charge < -0.3 is 5.32 Å². The second kappa shape index (κ2) is 6.02. The molecule has 2 unspecified atom stereocenters.